The molecular formula is C36H32O4. The van der Waals surface area contributed by atoms with Crippen molar-refractivity contribution in [1.82, 2.24) is 0 Å². The van der Waals surface area contributed by atoms with Crippen molar-refractivity contribution >= 4 is 34.2 Å². The van der Waals surface area contributed by atoms with E-state index in [-0.39, 0.29) is 13.2 Å². The summed E-state index contributed by atoms with van der Waals surface area (Å²) in [4.78, 5) is 28.0. The first-order valence-corrected chi connectivity index (χ1v) is 13.7. The fraction of sp³-hybridized carbons (Fsp3) is 0.167. The maximum Gasteiger partial charge on any atom is 0.314 e. The lowest BCUT2D eigenvalue weighted by Crippen LogP contribution is -2.37. The zero-order valence-electron chi connectivity index (χ0n) is 22.7. The van der Waals surface area contributed by atoms with E-state index in [1.165, 1.54) is 0 Å². The minimum atomic E-state index is -0.917. The Hall–Kier alpha value is -4.70. The van der Waals surface area contributed by atoms with Gasteiger partial charge in [0.15, 0.2) is 0 Å². The molecule has 0 N–H and O–H groups in total. The summed E-state index contributed by atoms with van der Waals surface area (Å²) in [5.41, 5.74) is 6.91. The molecule has 0 aliphatic heterocycles. The van der Waals surface area contributed by atoms with Crippen molar-refractivity contribution in [3.8, 4) is 0 Å². The Labute approximate surface area is 235 Å². The molecule has 4 nitrogen and oxygen atoms in total. The van der Waals surface area contributed by atoms with E-state index in [2.05, 4.69) is 24.3 Å². The highest BCUT2D eigenvalue weighted by molar-refractivity contribution is 6.28. The van der Waals surface area contributed by atoms with Gasteiger partial charge in [-0.05, 0) is 58.4 Å². The molecule has 0 unspecified atom stereocenters. The van der Waals surface area contributed by atoms with Gasteiger partial charge < -0.3 is 9.47 Å². The summed E-state index contributed by atoms with van der Waals surface area (Å²) < 4.78 is 11.4. The van der Waals surface area contributed by atoms with Crippen LogP contribution in [0.25, 0.3) is 22.3 Å². The molecule has 1 aliphatic carbocycles. The van der Waals surface area contributed by atoms with Crippen molar-refractivity contribution in [2.24, 2.45) is 11.8 Å². The Morgan fingerprint density at radius 2 is 0.750 bits per heavy atom. The first kappa shape index (κ1) is 26.9. The van der Waals surface area contributed by atoms with Crippen LogP contribution in [-0.2, 0) is 19.1 Å². The normalized spacial score (nSPS) is 16.9. The van der Waals surface area contributed by atoms with Crippen LogP contribution in [0.3, 0.4) is 0 Å². The summed E-state index contributed by atoms with van der Waals surface area (Å²) in [5.74, 6) is -2.74. The predicted molar refractivity (Wildman–Crippen MR) is 160 cm³/mol. The summed E-state index contributed by atoms with van der Waals surface area (Å²) in [5, 5.41) is 0. The third kappa shape index (κ3) is 5.26. The van der Waals surface area contributed by atoms with Gasteiger partial charge >= 0.3 is 11.9 Å². The van der Waals surface area contributed by atoms with E-state index >= 15 is 0 Å². The molecule has 40 heavy (non-hydrogen) atoms. The van der Waals surface area contributed by atoms with Crippen LogP contribution in [0.2, 0.25) is 0 Å². The summed E-state index contributed by atoms with van der Waals surface area (Å²) in [6, 6.07) is 39.8. The SMILES string of the molecule is CCOC(=O)[C@@H]1C(c2ccccc2)=C(c2ccccc2)C(c2ccccc2)=C(c2ccccc2)[C@@H]1C(=O)OCC. The smallest absolute Gasteiger partial charge is 0.314 e. The lowest BCUT2D eigenvalue weighted by Gasteiger charge is -2.37. The molecule has 0 saturated heterocycles. The van der Waals surface area contributed by atoms with Gasteiger partial charge in [-0.1, -0.05) is 121 Å². The number of carbonyl (C=O) groups excluding carboxylic acids is 2. The Morgan fingerprint density at radius 3 is 1.02 bits per heavy atom. The molecule has 1 aliphatic rings. The van der Waals surface area contributed by atoms with Gasteiger partial charge in [0.2, 0.25) is 0 Å². The van der Waals surface area contributed by atoms with Crippen LogP contribution in [0.5, 0.6) is 0 Å². The topological polar surface area (TPSA) is 52.6 Å². The van der Waals surface area contributed by atoms with Crippen molar-refractivity contribution in [3.63, 3.8) is 0 Å². The van der Waals surface area contributed by atoms with E-state index in [0.717, 1.165) is 44.5 Å². The Morgan fingerprint density at radius 1 is 0.475 bits per heavy atom. The lowest BCUT2D eigenvalue weighted by atomic mass is 9.65. The van der Waals surface area contributed by atoms with Crippen LogP contribution in [-0.4, -0.2) is 25.2 Å². The Kier molecular flexibility index (Phi) is 8.36. The second-order valence-electron chi connectivity index (χ2n) is 9.50. The largest absolute Gasteiger partial charge is 0.465 e. The second kappa shape index (κ2) is 12.4. The average molecular weight is 529 g/mol. The van der Waals surface area contributed by atoms with Crippen LogP contribution >= 0.6 is 0 Å². The lowest BCUT2D eigenvalue weighted by molar-refractivity contribution is -0.155. The molecule has 0 spiro atoms. The molecule has 5 rings (SSSR count). The number of carbonyl (C=O) groups is 2. The van der Waals surface area contributed by atoms with Crippen LogP contribution in [0, 0.1) is 11.8 Å². The Bertz CT molecular complexity index is 1400. The Balaban J connectivity index is 2.00. The monoisotopic (exact) mass is 528 g/mol. The van der Waals surface area contributed by atoms with E-state index in [4.69, 9.17) is 9.47 Å². The fourth-order valence-corrected chi connectivity index (χ4v) is 5.58. The summed E-state index contributed by atoms with van der Waals surface area (Å²) in [6.07, 6.45) is 0. The molecule has 0 radical (unpaired) electrons. The van der Waals surface area contributed by atoms with Crippen LogP contribution in [0.4, 0.5) is 0 Å². The summed E-state index contributed by atoms with van der Waals surface area (Å²) >= 11 is 0. The summed E-state index contributed by atoms with van der Waals surface area (Å²) in [6.45, 7) is 3.97. The zero-order valence-corrected chi connectivity index (χ0v) is 22.7. The van der Waals surface area contributed by atoms with Gasteiger partial charge in [0.1, 0.15) is 11.8 Å². The molecule has 200 valence electrons. The first-order valence-electron chi connectivity index (χ1n) is 13.7. The van der Waals surface area contributed by atoms with E-state index < -0.39 is 23.8 Å². The minimum absolute atomic E-state index is 0.198. The molecule has 4 heteroatoms. The van der Waals surface area contributed by atoms with Crippen molar-refractivity contribution in [1.29, 1.82) is 0 Å². The highest BCUT2D eigenvalue weighted by atomic mass is 16.5. The van der Waals surface area contributed by atoms with Crippen molar-refractivity contribution in [2.75, 3.05) is 13.2 Å². The summed E-state index contributed by atoms with van der Waals surface area (Å²) in [7, 11) is 0. The number of esters is 2. The third-order valence-corrected chi connectivity index (χ3v) is 7.12. The molecule has 0 bridgehead atoms. The van der Waals surface area contributed by atoms with E-state index in [9.17, 15) is 9.59 Å². The highest BCUT2D eigenvalue weighted by Crippen LogP contribution is 2.54. The molecule has 0 heterocycles. The third-order valence-electron chi connectivity index (χ3n) is 7.12. The maximum absolute atomic E-state index is 14.0. The molecule has 0 fully saturated rings. The van der Waals surface area contributed by atoms with E-state index in [0.29, 0.717) is 0 Å². The van der Waals surface area contributed by atoms with Gasteiger partial charge in [0.25, 0.3) is 0 Å². The molecule has 4 aromatic rings. The molecule has 0 saturated carbocycles. The predicted octanol–water partition coefficient (Wildman–Crippen LogP) is 7.58. The highest BCUT2D eigenvalue weighted by Gasteiger charge is 2.48. The van der Waals surface area contributed by atoms with Gasteiger partial charge in [-0.15, -0.1) is 0 Å². The number of hydrogen-bond acceptors (Lipinski definition) is 4. The van der Waals surface area contributed by atoms with Gasteiger partial charge in [-0.2, -0.15) is 0 Å². The van der Waals surface area contributed by atoms with Gasteiger partial charge in [0.05, 0.1) is 13.2 Å². The van der Waals surface area contributed by atoms with Crippen LogP contribution in [0.15, 0.2) is 121 Å². The van der Waals surface area contributed by atoms with Crippen molar-refractivity contribution in [3.05, 3.63) is 144 Å². The standard InChI is InChI=1S/C36H32O4/c1-3-39-35(37)33-31(27-21-13-7-14-22-27)29(25-17-9-5-10-18-25)30(26-19-11-6-12-20-26)32(28-23-15-8-16-24-28)34(33)36(38)40-4-2/h5-24,33-34H,3-4H2,1-2H3/t33-,34+. The molecule has 4 aromatic carbocycles. The minimum Gasteiger partial charge on any atom is -0.465 e. The number of hydrogen-bond donors (Lipinski definition) is 0. The van der Waals surface area contributed by atoms with Gasteiger partial charge in [-0.25, -0.2) is 0 Å². The molecule has 2 atom stereocenters. The first-order chi connectivity index (χ1) is 19.7. The van der Waals surface area contributed by atoms with Crippen LogP contribution < -0.4 is 0 Å². The molecule has 0 amide bonds. The molecular weight excluding hydrogens is 496 g/mol. The molecule has 0 aromatic heterocycles. The fourth-order valence-electron chi connectivity index (χ4n) is 5.58. The number of ether oxygens (including phenoxy) is 2. The second-order valence-corrected chi connectivity index (χ2v) is 9.50. The van der Waals surface area contributed by atoms with E-state index in [1.54, 1.807) is 13.8 Å². The van der Waals surface area contributed by atoms with Gasteiger partial charge in [0, 0.05) is 0 Å². The number of rotatable bonds is 8. The average Bonchev–Trinajstić information content (AvgIpc) is 3.01. The van der Waals surface area contributed by atoms with Crippen molar-refractivity contribution < 1.29 is 19.1 Å². The van der Waals surface area contributed by atoms with Gasteiger partial charge in [-0.3, -0.25) is 9.59 Å². The van der Waals surface area contributed by atoms with E-state index in [1.807, 2.05) is 97.1 Å². The number of allylic oxidation sites excluding steroid dienone is 2. The number of benzene rings is 4. The quantitative estimate of drug-likeness (QED) is 0.221. The van der Waals surface area contributed by atoms with Crippen molar-refractivity contribution in [2.45, 2.75) is 13.8 Å². The maximum atomic E-state index is 14.0. The van der Waals surface area contributed by atoms with Crippen LogP contribution in [0.1, 0.15) is 36.1 Å². The zero-order chi connectivity index (χ0) is 27.9.